The summed E-state index contributed by atoms with van der Waals surface area (Å²) in [6.07, 6.45) is 5.94. The van der Waals surface area contributed by atoms with Crippen LogP contribution < -0.4 is 35.4 Å². The van der Waals surface area contributed by atoms with Gasteiger partial charge in [0.05, 0.1) is 27.0 Å². The third-order valence-electron chi connectivity index (χ3n) is 10.8. The van der Waals surface area contributed by atoms with Gasteiger partial charge in [0.25, 0.3) is 5.91 Å². The van der Waals surface area contributed by atoms with Gasteiger partial charge in [-0.2, -0.15) is 0 Å². The van der Waals surface area contributed by atoms with Crippen LogP contribution >= 0.6 is 7.26 Å². The first-order valence-corrected chi connectivity index (χ1v) is 21.0. The fourth-order valence-electron chi connectivity index (χ4n) is 7.92. The summed E-state index contributed by atoms with van der Waals surface area (Å²) >= 11 is 0. The molecule has 1 aliphatic carbocycles. The minimum Gasteiger partial charge on any atom is -0.497 e. The van der Waals surface area contributed by atoms with Gasteiger partial charge in [-0.05, 0) is 122 Å². The highest BCUT2D eigenvalue weighted by Gasteiger charge is 2.44. The summed E-state index contributed by atoms with van der Waals surface area (Å²) in [6, 6.07) is 55.4. The Balaban J connectivity index is 0.938. The van der Waals surface area contributed by atoms with Gasteiger partial charge in [-0.1, -0.05) is 78.9 Å². The van der Waals surface area contributed by atoms with Gasteiger partial charge in [-0.25, -0.2) is 0 Å². The lowest BCUT2D eigenvalue weighted by Crippen LogP contribution is -2.37. The molecule has 1 saturated carbocycles. The summed E-state index contributed by atoms with van der Waals surface area (Å²) < 4.78 is 17.4. The molecule has 0 unspecified atom stereocenters. The highest BCUT2D eigenvalue weighted by Crippen LogP contribution is 2.55. The van der Waals surface area contributed by atoms with Gasteiger partial charge in [0.2, 0.25) is 0 Å². The van der Waals surface area contributed by atoms with Crippen LogP contribution in [-0.4, -0.2) is 38.9 Å². The van der Waals surface area contributed by atoms with E-state index in [0.717, 1.165) is 60.9 Å². The lowest BCUT2D eigenvalue weighted by atomic mass is 9.81. The third kappa shape index (κ3) is 8.38. The van der Waals surface area contributed by atoms with Crippen LogP contribution in [0.3, 0.4) is 0 Å². The number of methoxy groups -OCH3 is 2. The monoisotopic (exact) mass is 734 g/mol. The van der Waals surface area contributed by atoms with Crippen molar-refractivity contribution in [3.63, 3.8) is 0 Å². The molecule has 1 N–H and O–H groups in total. The summed E-state index contributed by atoms with van der Waals surface area (Å²) in [5.74, 6) is 2.81. The Kier molecular flexibility index (Phi) is 12.1. The second-order valence-electron chi connectivity index (χ2n) is 14.0. The number of carbonyl (C=O) groups excluding carboxylic acids is 1. The number of hydrogen-bond donors (Lipinski definition) is 1. The summed E-state index contributed by atoms with van der Waals surface area (Å²) in [4.78, 5) is 13.4. The lowest BCUT2D eigenvalue weighted by molar-refractivity contribution is 0.0925. The first-order valence-electron chi connectivity index (χ1n) is 19.0. The fourth-order valence-corrected chi connectivity index (χ4v) is 12.2. The highest BCUT2D eigenvalue weighted by molar-refractivity contribution is 7.95. The van der Waals surface area contributed by atoms with Crippen molar-refractivity contribution in [3.8, 4) is 28.4 Å². The molecule has 0 atom stereocenters. The molecule has 6 aromatic carbocycles. The van der Waals surface area contributed by atoms with Crippen LogP contribution in [0, 0.1) is 0 Å². The van der Waals surface area contributed by atoms with E-state index in [2.05, 4.69) is 121 Å². The summed E-state index contributed by atoms with van der Waals surface area (Å²) in [6.45, 7) is 0.660. The molecule has 0 saturated heterocycles. The molecule has 5 nitrogen and oxygen atoms in total. The zero-order chi connectivity index (χ0) is 37.2. The Morgan fingerprint density at radius 2 is 1.24 bits per heavy atom. The molecule has 1 fully saturated rings. The van der Waals surface area contributed by atoms with Crippen LogP contribution in [0.2, 0.25) is 0 Å². The number of nitrogens with one attached hydrogen (secondary N) is 1. The second kappa shape index (κ2) is 17.6. The molecule has 0 spiro atoms. The maximum Gasteiger partial charge on any atom is 0.251 e. The molecule has 7 rings (SSSR count). The van der Waals surface area contributed by atoms with Crippen LogP contribution in [0.4, 0.5) is 0 Å². The van der Waals surface area contributed by atoms with Gasteiger partial charge in [-0.15, -0.1) is 0 Å². The van der Waals surface area contributed by atoms with Crippen molar-refractivity contribution in [1.29, 1.82) is 0 Å². The van der Waals surface area contributed by atoms with E-state index in [1.807, 2.05) is 42.5 Å². The molecule has 0 aromatic heterocycles. The summed E-state index contributed by atoms with van der Waals surface area (Å²) in [5.41, 5.74) is 3.77. The van der Waals surface area contributed by atoms with E-state index in [1.54, 1.807) is 14.2 Å². The molecule has 1 amide bonds. The molecular formula is C48H49NO4P+. The van der Waals surface area contributed by atoms with E-state index in [1.165, 1.54) is 21.5 Å². The van der Waals surface area contributed by atoms with Crippen LogP contribution in [-0.2, 0) is 0 Å². The van der Waals surface area contributed by atoms with Gasteiger partial charge in [-0.3, -0.25) is 4.79 Å². The van der Waals surface area contributed by atoms with E-state index in [4.69, 9.17) is 14.2 Å². The minimum atomic E-state index is -1.87. The number of benzene rings is 6. The van der Waals surface area contributed by atoms with Gasteiger partial charge < -0.3 is 19.5 Å². The average Bonchev–Trinajstić information content (AvgIpc) is 3.25. The first kappa shape index (κ1) is 37.0. The fraction of sp³-hybridized carbons (Fsp3) is 0.229. The molecule has 0 aliphatic heterocycles. The Hall–Kier alpha value is -5.38. The van der Waals surface area contributed by atoms with E-state index >= 15 is 0 Å². The molecule has 0 radical (unpaired) electrons. The van der Waals surface area contributed by atoms with Crippen molar-refractivity contribution < 1.29 is 19.0 Å². The number of amides is 1. The lowest BCUT2D eigenvalue weighted by Gasteiger charge is -2.29. The SMILES string of the molecule is COc1cccc(-c2cc(C(=O)NC3CCC(c4ccc(OCCC[P+](c5ccccc5)(c5ccccc5)c5ccccc5)cc4)CC3)ccc2OC)c1. The van der Waals surface area contributed by atoms with Gasteiger partial charge in [0, 0.05) is 23.6 Å². The molecule has 0 heterocycles. The van der Waals surface area contributed by atoms with Crippen LogP contribution in [0.5, 0.6) is 17.2 Å². The molecule has 6 aromatic rings. The van der Waals surface area contributed by atoms with E-state index in [0.29, 0.717) is 23.8 Å². The normalized spacial score (nSPS) is 15.6. The number of hydrogen-bond acceptors (Lipinski definition) is 4. The van der Waals surface area contributed by atoms with Crippen molar-refractivity contribution in [3.05, 3.63) is 169 Å². The number of rotatable bonds is 14. The van der Waals surface area contributed by atoms with Crippen LogP contribution in [0.25, 0.3) is 11.1 Å². The molecule has 6 heteroatoms. The van der Waals surface area contributed by atoms with E-state index in [9.17, 15) is 4.79 Å². The minimum absolute atomic E-state index is 0.0533. The molecule has 54 heavy (non-hydrogen) atoms. The van der Waals surface area contributed by atoms with E-state index in [-0.39, 0.29) is 11.9 Å². The summed E-state index contributed by atoms with van der Waals surface area (Å²) in [7, 11) is 1.43. The molecular weight excluding hydrogens is 686 g/mol. The van der Waals surface area contributed by atoms with Gasteiger partial charge in [0.15, 0.2) is 0 Å². The van der Waals surface area contributed by atoms with Crippen LogP contribution in [0.1, 0.15) is 53.9 Å². The Morgan fingerprint density at radius 3 is 1.81 bits per heavy atom. The average molecular weight is 735 g/mol. The maximum absolute atomic E-state index is 13.4. The first-order chi connectivity index (χ1) is 26.6. The highest BCUT2D eigenvalue weighted by atomic mass is 31.2. The maximum atomic E-state index is 13.4. The topological polar surface area (TPSA) is 56.8 Å². The molecule has 274 valence electrons. The molecule has 1 aliphatic rings. The van der Waals surface area contributed by atoms with Crippen molar-refractivity contribution in [2.24, 2.45) is 0 Å². The Labute approximate surface area is 320 Å². The standard InChI is InChI=1S/C48H48NO4P/c1-51-42-15-12-14-38(34-42)46-35-39(26-31-47(46)52-2)48(50)49-40-27-22-36(23-28-40)37-24-29-41(30-25-37)53-32-13-33-54(43-16-6-3-7-17-43,44-18-8-4-9-19-44)45-20-10-5-11-21-45/h3-12,14-21,24-26,29-31,34-36,40H,13,22-23,27-28,32-33H2,1-2H3/p+1. The van der Waals surface area contributed by atoms with Gasteiger partial charge in [0.1, 0.15) is 40.4 Å². The number of ether oxygens (including phenoxy) is 3. The largest absolute Gasteiger partial charge is 0.497 e. The molecule has 0 bridgehead atoms. The van der Waals surface area contributed by atoms with Crippen molar-refractivity contribution in [2.75, 3.05) is 27.0 Å². The Bertz CT molecular complexity index is 2000. The second-order valence-corrected chi connectivity index (χ2v) is 17.6. The predicted octanol–water partition coefficient (Wildman–Crippen LogP) is 9.59. The van der Waals surface area contributed by atoms with E-state index < -0.39 is 7.26 Å². The van der Waals surface area contributed by atoms with Crippen molar-refractivity contribution in [1.82, 2.24) is 5.32 Å². The quantitative estimate of drug-likeness (QED) is 0.0895. The zero-order valence-electron chi connectivity index (χ0n) is 31.2. The summed E-state index contributed by atoms with van der Waals surface area (Å²) in [5, 5.41) is 7.51. The van der Waals surface area contributed by atoms with Crippen molar-refractivity contribution in [2.45, 2.75) is 44.1 Å². The Morgan fingerprint density at radius 1 is 0.630 bits per heavy atom. The number of carbonyl (C=O) groups is 1. The zero-order valence-corrected chi connectivity index (χ0v) is 32.1. The third-order valence-corrected chi connectivity index (χ3v) is 15.3. The van der Waals surface area contributed by atoms with Crippen LogP contribution in [0.15, 0.2) is 158 Å². The smallest absolute Gasteiger partial charge is 0.251 e. The predicted molar refractivity (Wildman–Crippen MR) is 224 cm³/mol. The van der Waals surface area contributed by atoms with Crippen molar-refractivity contribution >= 4 is 29.1 Å². The van der Waals surface area contributed by atoms with Gasteiger partial charge >= 0.3 is 0 Å².